The average Bonchev–Trinajstić information content (AvgIpc) is 2.87. The Labute approximate surface area is 129 Å². The van der Waals surface area contributed by atoms with Gasteiger partial charge in [-0.2, -0.15) is 0 Å². The smallest absolute Gasteiger partial charge is 0.265 e. The number of nitrogens with one attached hydrogen (secondary N) is 1. The molecular formula is C14H14BrNO3S. The maximum Gasteiger partial charge on any atom is 0.265 e. The number of aliphatic hydroxyl groups excluding tert-OH is 1. The number of aliphatic hydroxyl groups is 1. The number of amides is 1. The van der Waals surface area contributed by atoms with Crippen molar-refractivity contribution in [2.24, 2.45) is 0 Å². The molecule has 0 atom stereocenters. The fourth-order valence-corrected chi connectivity index (χ4v) is 2.99. The number of benzene rings is 1. The van der Waals surface area contributed by atoms with E-state index in [2.05, 4.69) is 21.2 Å². The first-order chi connectivity index (χ1) is 9.63. The number of anilines is 1. The summed E-state index contributed by atoms with van der Waals surface area (Å²) in [5.74, 6) is 0.459. The monoisotopic (exact) mass is 355 g/mol. The van der Waals surface area contributed by atoms with E-state index in [-0.39, 0.29) is 12.5 Å². The Kier molecular flexibility index (Phi) is 5.17. The normalized spacial score (nSPS) is 10.3. The highest BCUT2D eigenvalue weighted by Gasteiger charge is 2.10. The second kappa shape index (κ2) is 6.88. The van der Waals surface area contributed by atoms with E-state index in [4.69, 9.17) is 4.74 Å². The van der Waals surface area contributed by atoms with Crippen LogP contribution in [0.5, 0.6) is 5.75 Å². The molecule has 1 heterocycles. The molecule has 0 radical (unpaired) electrons. The lowest BCUT2D eigenvalue weighted by Crippen LogP contribution is -2.10. The molecule has 0 saturated carbocycles. The summed E-state index contributed by atoms with van der Waals surface area (Å²) in [6, 6.07) is 8.80. The number of carbonyl (C=O) groups excluding carboxylic acids is 1. The first-order valence-corrected chi connectivity index (χ1v) is 7.68. The predicted molar refractivity (Wildman–Crippen MR) is 83.5 cm³/mol. The van der Waals surface area contributed by atoms with E-state index in [1.165, 1.54) is 11.3 Å². The van der Waals surface area contributed by atoms with Crippen LogP contribution in [0.25, 0.3) is 0 Å². The SMILES string of the molecule is CCOc1ccc(NC(=O)c2ccc(Br)s2)cc1CO. The maximum absolute atomic E-state index is 12.0. The topological polar surface area (TPSA) is 58.6 Å². The number of carbonyl (C=O) groups is 1. The Bertz CT molecular complexity index is 612. The lowest BCUT2D eigenvalue weighted by atomic mass is 10.2. The van der Waals surface area contributed by atoms with Crippen LogP contribution in [0.3, 0.4) is 0 Å². The minimum absolute atomic E-state index is 0.135. The first-order valence-electron chi connectivity index (χ1n) is 6.07. The highest BCUT2D eigenvalue weighted by atomic mass is 79.9. The molecule has 0 aliphatic heterocycles. The molecule has 6 heteroatoms. The van der Waals surface area contributed by atoms with Crippen molar-refractivity contribution in [3.8, 4) is 5.75 Å². The van der Waals surface area contributed by atoms with Crippen molar-refractivity contribution in [3.63, 3.8) is 0 Å². The average molecular weight is 356 g/mol. The molecule has 20 heavy (non-hydrogen) atoms. The molecule has 0 saturated heterocycles. The number of thiophene rings is 1. The fourth-order valence-electron chi connectivity index (χ4n) is 1.71. The Morgan fingerprint density at radius 2 is 2.20 bits per heavy atom. The van der Waals surface area contributed by atoms with Crippen LogP contribution in [0.4, 0.5) is 5.69 Å². The minimum Gasteiger partial charge on any atom is -0.494 e. The largest absolute Gasteiger partial charge is 0.494 e. The second-order valence-corrected chi connectivity index (χ2v) is 6.43. The molecule has 1 amide bonds. The zero-order valence-electron chi connectivity index (χ0n) is 10.9. The third-order valence-corrected chi connectivity index (χ3v) is 4.21. The molecule has 106 valence electrons. The number of hydrogen-bond donors (Lipinski definition) is 2. The van der Waals surface area contributed by atoms with E-state index in [1.54, 1.807) is 24.3 Å². The molecule has 2 aromatic rings. The summed E-state index contributed by atoms with van der Waals surface area (Å²) in [5.41, 5.74) is 1.28. The van der Waals surface area contributed by atoms with Crippen LogP contribution in [0.1, 0.15) is 22.2 Å². The standard InChI is InChI=1S/C14H14BrNO3S/c1-2-19-11-4-3-10(7-9(11)8-17)16-14(18)12-5-6-13(15)20-12/h3-7,17H,2,8H2,1H3,(H,16,18). The molecule has 0 aliphatic carbocycles. The summed E-state index contributed by atoms with van der Waals surface area (Å²) in [7, 11) is 0. The van der Waals surface area contributed by atoms with E-state index in [0.29, 0.717) is 28.5 Å². The third kappa shape index (κ3) is 3.59. The number of halogens is 1. The molecule has 2 N–H and O–H groups in total. The van der Waals surface area contributed by atoms with E-state index >= 15 is 0 Å². The second-order valence-electron chi connectivity index (χ2n) is 3.97. The van der Waals surface area contributed by atoms with Crippen molar-refractivity contribution in [2.75, 3.05) is 11.9 Å². The van der Waals surface area contributed by atoms with Gasteiger partial charge in [0.15, 0.2) is 0 Å². The Morgan fingerprint density at radius 1 is 1.40 bits per heavy atom. The van der Waals surface area contributed by atoms with Crippen LogP contribution in [0.15, 0.2) is 34.1 Å². The van der Waals surface area contributed by atoms with Crippen molar-refractivity contribution in [1.82, 2.24) is 0 Å². The summed E-state index contributed by atoms with van der Waals surface area (Å²) in [6.45, 7) is 2.27. The van der Waals surface area contributed by atoms with Crippen LogP contribution >= 0.6 is 27.3 Å². The summed E-state index contributed by atoms with van der Waals surface area (Å²) >= 11 is 4.69. The van der Waals surface area contributed by atoms with Crippen molar-refractivity contribution < 1.29 is 14.6 Å². The van der Waals surface area contributed by atoms with E-state index < -0.39 is 0 Å². The number of ether oxygens (including phenoxy) is 1. The van der Waals surface area contributed by atoms with E-state index in [1.807, 2.05) is 13.0 Å². The summed E-state index contributed by atoms with van der Waals surface area (Å²) in [5, 5.41) is 12.1. The van der Waals surface area contributed by atoms with Crippen LogP contribution in [-0.4, -0.2) is 17.6 Å². The van der Waals surface area contributed by atoms with Crippen molar-refractivity contribution >= 4 is 38.9 Å². The van der Waals surface area contributed by atoms with Gasteiger partial charge in [0.25, 0.3) is 5.91 Å². The molecule has 0 spiro atoms. The van der Waals surface area contributed by atoms with Gasteiger partial charge in [0.1, 0.15) is 5.75 Å². The highest BCUT2D eigenvalue weighted by Crippen LogP contribution is 2.25. The molecular weight excluding hydrogens is 342 g/mol. The lowest BCUT2D eigenvalue weighted by Gasteiger charge is -2.11. The van der Waals surface area contributed by atoms with Gasteiger partial charge in [-0.1, -0.05) is 0 Å². The summed E-state index contributed by atoms with van der Waals surface area (Å²) < 4.78 is 6.31. The van der Waals surface area contributed by atoms with Crippen molar-refractivity contribution in [3.05, 3.63) is 44.6 Å². The van der Waals surface area contributed by atoms with Gasteiger partial charge in [-0.05, 0) is 53.2 Å². The number of rotatable bonds is 5. The van der Waals surface area contributed by atoms with Crippen molar-refractivity contribution in [2.45, 2.75) is 13.5 Å². The maximum atomic E-state index is 12.0. The zero-order chi connectivity index (χ0) is 14.5. The molecule has 0 unspecified atom stereocenters. The van der Waals surface area contributed by atoms with Gasteiger partial charge < -0.3 is 15.2 Å². The quantitative estimate of drug-likeness (QED) is 0.860. The van der Waals surface area contributed by atoms with Crippen molar-refractivity contribution in [1.29, 1.82) is 0 Å². The number of hydrogen-bond acceptors (Lipinski definition) is 4. The molecule has 1 aromatic heterocycles. The first kappa shape index (κ1) is 15.0. The van der Waals surface area contributed by atoms with E-state index in [9.17, 15) is 9.90 Å². The van der Waals surface area contributed by atoms with Gasteiger partial charge in [-0.25, -0.2) is 0 Å². The minimum atomic E-state index is -0.172. The lowest BCUT2D eigenvalue weighted by molar-refractivity contribution is 0.103. The molecule has 2 rings (SSSR count). The van der Waals surface area contributed by atoms with Crippen LogP contribution in [0, 0.1) is 0 Å². The molecule has 0 fully saturated rings. The summed E-state index contributed by atoms with van der Waals surface area (Å²) in [6.07, 6.45) is 0. The highest BCUT2D eigenvalue weighted by molar-refractivity contribution is 9.11. The van der Waals surface area contributed by atoms with Gasteiger partial charge >= 0.3 is 0 Å². The molecule has 0 aliphatic rings. The van der Waals surface area contributed by atoms with E-state index in [0.717, 1.165) is 3.79 Å². The van der Waals surface area contributed by atoms with Crippen LogP contribution < -0.4 is 10.1 Å². The molecule has 1 aromatic carbocycles. The van der Waals surface area contributed by atoms with Crippen LogP contribution in [-0.2, 0) is 6.61 Å². The molecule has 4 nitrogen and oxygen atoms in total. The molecule has 0 bridgehead atoms. The Morgan fingerprint density at radius 3 is 2.80 bits per heavy atom. The van der Waals surface area contributed by atoms with Gasteiger partial charge in [0, 0.05) is 11.3 Å². The van der Waals surface area contributed by atoms with Gasteiger partial charge in [0.05, 0.1) is 21.9 Å². The van der Waals surface area contributed by atoms with Crippen LogP contribution in [0.2, 0.25) is 0 Å². The summed E-state index contributed by atoms with van der Waals surface area (Å²) in [4.78, 5) is 12.6. The predicted octanol–water partition coefficient (Wildman–Crippen LogP) is 3.65. The Hall–Kier alpha value is -1.37. The van der Waals surface area contributed by atoms with Gasteiger partial charge in [-0.15, -0.1) is 11.3 Å². The van der Waals surface area contributed by atoms with Gasteiger partial charge in [-0.3, -0.25) is 4.79 Å². The van der Waals surface area contributed by atoms with Gasteiger partial charge in [0.2, 0.25) is 0 Å². The zero-order valence-corrected chi connectivity index (χ0v) is 13.3. The Balaban J connectivity index is 2.15. The fraction of sp³-hybridized carbons (Fsp3) is 0.214. The third-order valence-electron chi connectivity index (χ3n) is 2.59.